The molecule has 2 rings (SSSR count). The van der Waals surface area contributed by atoms with Crippen LogP contribution in [0.4, 0.5) is 13.2 Å². The second kappa shape index (κ2) is 7.45. The van der Waals surface area contributed by atoms with E-state index in [4.69, 9.17) is 0 Å². The number of ether oxygens (including phenoxy) is 1. The van der Waals surface area contributed by atoms with E-state index in [1.165, 1.54) is 12.3 Å². The molecule has 1 fully saturated rings. The van der Waals surface area contributed by atoms with Gasteiger partial charge in [-0.3, -0.25) is 4.98 Å². The van der Waals surface area contributed by atoms with Gasteiger partial charge in [0.2, 0.25) is 0 Å². The van der Waals surface area contributed by atoms with Gasteiger partial charge in [0.15, 0.2) is 0 Å². The van der Waals surface area contributed by atoms with Gasteiger partial charge in [0, 0.05) is 26.3 Å². The Morgan fingerprint density at radius 1 is 1.26 bits per heavy atom. The monoisotopic (exact) mass is 276 g/mol. The van der Waals surface area contributed by atoms with Crippen LogP contribution in [0.1, 0.15) is 30.0 Å². The van der Waals surface area contributed by atoms with E-state index < -0.39 is 11.7 Å². The summed E-state index contributed by atoms with van der Waals surface area (Å²) in [5.41, 5.74) is -0.376. The van der Waals surface area contributed by atoms with Gasteiger partial charge in [-0.1, -0.05) is 0 Å². The van der Waals surface area contributed by atoms with Crippen LogP contribution in [0, 0.1) is 0 Å². The molecule has 0 amide bonds. The molecule has 1 aromatic heterocycles. The van der Waals surface area contributed by atoms with Crippen molar-refractivity contribution < 1.29 is 17.9 Å². The highest BCUT2D eigenvalue weighted by molar-refractivity contribution is 5.26. The highest BCUT2D eigenvalue weighted by Gasteiger charge is 2.36. The van der Waals surface area contributed by atoms with Gasteiger partial charge < -0.3 is 10.1 Å². The molecule has 0 spiro atoms. The van der Waals surface area contributed by atoms with Crippen LogP contribution in [0.2, 0.25) is 0 Å². The van der Waals surface area contributed by atoms with Crippen molar-refractivity contribution in [1.29, 1.82) is 0 Å². The Kier molecular flexibility index (Phi) is 6.24. The molecule has 6 heteroatoms. The van der Waals surface area contributed by atoms with Crippen LogP contribution in [0.25, 0.3) is 0 Å². The Morgan fingerprint density at radius 2 is 1.84 bits per heavy atom. The maximum atomic E-state index is 12.7. The summed E-state index contributed by atoms with van der Waals surface area (Å²) in [6, 6.07) is 2.46. The van der Waals surface area contributed by atoms with E-state index in [1.807, 2.05) is 0 Å². The lowest BCUT2D eigenvalue weighted by molar-refractivity contribution is -0.138. The maximum absolute atomic E-state index is 12.7. The molecule has 0 unspecified atom stereocenters. The standard InChI is InChI=1S/C11H13F3N2.C2H6O/c12-11(13,14)9-2-1-5-16-10(9)8-3-6-15-7-4-8;1-3-2/h1-2,5,8,15H,3-4,6-7H2;1-2H3. The van der Waals surface area contributed by atoms with Crippen LogP contribution in [0.3, 0.4) is 0 Å². The predicted molar refractivity (Wildman–Crippen MR) is 67.0 cm³/mol. The minimum atomic E-state index is -4.30. The molecule has 0 radical (unpaired) electrons. The summed E-state index contributed by atoms with van der Waals surface area (Å²) in [5.74, 6) is -0.0703. The summed E-state index contributed by atoms with van der Waals surface area (Å²) in [6.07, 6.45) is -1.42. The molecule has 0 aromatic carbocycles. The van der Waals surface area contributed by atoms with Gasteiger partial charge in [0.1, 0.15) is 0 Å². The maximum Gasteiger partial charge on any atom is 0.418 e. The number of alkyl halides is 3. The van der Waals surface area contributed by atoms with E-state index >= 15 is 0 Å². The zero-order chi connectivity index (χ0) is 14.3. The fourth-order valence-corrected chi connectivity index (χ4v) is 2.08. The second-order valence-electron chi connectivity index (χ2n) is 4.37. The number of piperidine rings is 1. The van der Waals surface area contributed by atoms with Crippen LogP contribution in [0.15, 0.2) is 18.3 Å². The van der Waals surface area contributed by atoms with Crippen molar-refractivity contribution in [2.75, 3.05) is 27.3 Å². The summed E-state index contributed by atoms with van der Waals surface area (Å²) in [7, 11) is 3.25. The van der Waals surface area contributed by atoms with Gasteiger partial charge >= 0.3 is 6.18 Å². The number of nitrogens with one attached hydrogen (secondary N) is 1. The molecule has 1 saturated heterocycles. The quantitative estimate of drug-likeness (QED) is 0.856. The average Bonchev–Trinajstić information content (AvgIpc) is 2.40. The first-order chi connectivity index (χ1) is 9.00. The Hall–Kier alpha value is -1.14. The van der Waals surface area contributed by atoms with Crippen molar-refractivity contribution in [2.45, 2.75) is 24.9 Å². The van der Waals surface area contributed by atoms with Crippen molar-refractivity contribution in [1.82, 2.24) is 10.3 Å². The minimum Gasteiger partial charge on any atom is -0.388 e. The van der Waals surface area contributed by atoms with Crippen LogP contribution in [0.5, 0.6) is 0 Å². The molecule has 1 N–H and O–H groups in total. The normalized spacial score (nSPS) is 16.7. The molecule has 108 valence electrons. The number of methoxy groups -OCH3 is 1. The zero-order valence-corrected chi connectivity index (χ0v) is 11.1. The number of aromatic nitrogens is 1. The molecule has 1 aliphatic rings. The highest BCUT2D eigenvalue weighted by Crippen LogP contribution is 2.36. The number of pyridine rings is 1. The summed E-state index contributed by atoms with van der Waals surface area (Å²) >= 11 is 0. The molecule has 3 nitrogen and oxygen atoms in total. The molecular weight excluding hydrogens is 257 g/mol. The molecular formula is C13H19F3N2O. The second-order valence-corrected chi connectivity index (χ2v) is 4.37. The Bertz CT molecular complexity index is 376. The lowest BCUT2D eigenvalue weighted by Crippen LogP contribution is -2.28. The molecule has 2 heterocycles. The van der Waals surface area contributed by atoms with Crippen LogP contribution in [-0.4, -0.2) is 32.3 Å². The number of nitrogens with zero attached hydrogens (tertiary/aromatic N) is 1. The third-order valence-corrected chi connectivity index (χ3v) is 2.87. The lowest BCUT2D eigenvalue weighted by atomic mass is 9.91. The third-order valence-electron chi connectivity index (χ3n) is 2.87. The van der Waals surface area contributed by atoms with E-state index in [2.05, 4.69) is 15.0 Å². The minimum absolute atomic E-state index is 0.0703. The van der Waals surface area contributed by atoms with Crippen molar-refractivity contribution in [3.8, 4) is 0 Å². The first kappa shape index (κ1) is 15.9. The predicted octanol–water partition coefficient (Wildman–Crippen LogP) is 2.83. The summed E-state index contributed by atoms with van der Waals surface area (Å²) < 4.78 is 42.5. The molecule has 0 bridgehead atoms. The number of hydrogen-bond donors (Lipinski definition) is 1. The molecule has 1 aromatic rings. The van der Waals surface area contributed by atoms with E-state index in [0.717, 1.165) is 32.0 Å². The van der Waals surface area contributed by atoms with Crippen LogP contribution >= 0.6 is 0 Å². The van der Waals surface area contributed by atoms with E-state index in [9.17, 15) is 13.2 Å². The Labute approximate surface area is 111 Å². The van der Waals surface area contributed by atoms with Gasteiger partial charge in [0.25, 0.3) is 0 Å². The Balaban J connectivity index is 0.000000550. The SMILES string of the molecule is COC.FC(F)(F)c1cccnc1C1CCNCC1. The smallest absolute Gasteiger partial charge is 0.388 e. The molecule has 1 aliphatic heterocycles. The first-order valence-corrected chi connectivity index (χ1v) is 6.13. The highest BCUT2D eigenvalue weighted by atomic mass is 19.4. The van der Waals surface area contributed by atoms with Gasteiger partial charge in [-0.15, -0.1) is 0 Å². The first-order valence-electron chi connectivity index (χ1n) is 6.13. The summed E-state index contributed by atoms with van der Waals surface area (Å²) in [6.45, 7) is 1.52. The molecule has 0 atom stereocenters. The van der Waals surface area contributed by atoms with Crippen molar-refractivity contribution >= 4 is 0 Å². The van der Waals surface area contributed by atoms with Crippen molar-refractivity contribution in [2.24, 2.45) is 0 Å². The zero-order valence-electron chi connectivity index (χ0n) is 11.1. The Morgan fingerprint density at radius 3 is 2.37 bits per heavy atom. The number of hydrogen-bond acceptors (Lipinski definition) is 3. The third kappa shape index (κ3) is 4.80. The van der Waals surface area contributed by atoms with E-state index in [0.29, 0.717) is 0 Å². The fourth-order valence-electron chi connectivity index (χ4n) is 2.08. The van der Waals surface area contributed by atoms with E-state index in [1.54, 1.807) is 14.2 Å². The summed E-state index contributed by atoms with van der Waals surface area (Å²) in [5, 5.41) is 3.13. The molecule has 0 saturated carbocycles. The fraction of sp³-hybridized carbons (Fsp3) is 0.615. The van der Waals surface area contributed by atoms with Gasteiger partial charge in [0.05, 0.1) is 11.3 Å². The number of halogens is 3. The number of rotatable bonds is 1. The topological polar surface area (TPSA) is 34.1 Å². The van der Waals surface area contributed by atoms with E-state index in [-0.39, 0.29) is 11.6 Å². The van der Waals surface area contributed by atoms with Gasteiger partial charge in [-0.2, -0.15) is 13.2 Å². The van der Waals surface area contributed by atoms with Gasteiger partial charge in [-0.25, -0.2) is 0 Å². The molecule has 0 aliphatic carbocycles. The van der Waals surface area contributed by atoms with Crippen molar-refractivity contribution in [3.05, 3.63) is 29.6 Å². The lowest BCUT2D eigenvalue weighted by Gasteiger charge is -2.24. The van der Waals surface area contributed by atoms with Crippen molar-refractivity contribution in [3.63, 3.8) is 0 Å². The van der Waals surface area contributed by atoms with Gasteiger partial charge in [-0.05, 0) is 38.1 Å². The van der Waals surface area contributed by atoms with Crippen LogP contribution in [-0.2, 0) is 10.9 Å². The van der Waals surface area contributed by atoms with Crippen LogP contribution < -0.4 is 5.32 Å². The summed E-state index contributed by atoms with van der Waals surface area (Å²) in [4.78, 5) is 3.92. The largest absolute Gasteiger partial charge is 0.418 e. The average molecular weight is 276 g/mol. The molecule has 19 heavy (non-hydrogen) atoms.